The summed E-state index contributed by atoms with van der Waals surface area (Å²) in [6.07, 6.45) is 2.89. The summed E-state index contributed by atoms with van der Waals surface area (Å²) in [5, 5.41) is 1.98. The van der Waals surface area contributed by atoms with Crippen LogP contribution in [0.2, 0.25) is 0 Å². The molecule has 1 fully saturated rings. The number of aryl methyl sites for hydroxylation is 1. The van der Waals surface area contributed by atoms with Gasteiger partial charge in [0.25, 0.3) is 0 Å². The molecule has 1 saturated heterocycles. The van der Waals surface area contributed by atoms with Crippen molar-refractivity contribution in [3.63, 3.8) is 0 Å². The summed E-state index contributed by atoms with van der Waals surface area (Å²) >= 11 is 0. The van der Waals surface area contributed by atoms with Gasteiger partial charge in [-0.15, -0.1) is 0 Å². The zero-order valence-corrected chi connectivity index (χ0v) is 11.1. The van der Waals surface area contributed by atoms with Gasteiger partial charge < -0.3 is 15.2 Å². The molecule has 4 nitrogen and oxygen atoms in total. The van der Waals surface area contributed by atoms with Crippen LogP contribution in [-0.4, -0.2) is 24.8 Å². The number of aromatic nitrogens is 1. The number of nitrogens with zero attached hydrogens (tertiary/aromatic N) is 1. The first-order chi connectivity index (χ1) is 9.24. The number of ether oxygens (including phenoxy) is 2. The van der Waals surface area contributed by atoms with Gasteiger partial charge in [-0.2, -0.15) is 0 Å². The Kier molecular flexibility index (Phi) is 3.25. The molecule has 2 aromatic rings. The standard InChI is InChI=1S/C15H18N2O2/c1-10-6-12-13(7-17-10)14(16)2-3-15(12)19-9-11-4-5-18-8-11/h2-3,6-7,11H,4-5,8-9,16H2,1H3. The van der Waals surface area contributed by atoms with Gasteiger partial charge in [-0.25, -0.2) is 0 Å². The molecule has 100 valence electrons. The molecule has 0 radical (unpaired) electrons. The third-order valence-electron chi connectivity index (χ3n) is 3.53. The van der Waals surface area contributed by atoms with Crippen molar-refractivity contribution >= 4 is 16.5 Å². The molecule has 0 amide bonds. The summed E-state index contributed by atoms with van der Waals surface area (Å²) in [6.45, 7) is 4.31. The number of nitrogen functional groups attached to an aromatic ring is 1. The molecule has 4 heteroatoms. The van der Waals surface area contributed by atoms with Crippen LogP contribution in [0.15, 0.2) is 24.4 Å². The second kappa shape index (κ2) is 5.05. The van der Waals surface area contributed by atoms with Gasteiger partial charge in [0.05, 0.1) is 13.2 Å². The molecule has 0 saturated carbocycles. The van der Waals surface area contributed by atoms with E-state index in [1.54, 1.807) is 0 Å². The smallest absolute Gasteiger partial charge is 0.127 e. The van der Waals surface area contributed by atoms with E-state index in [0.717, 1.165) is 47.5 Å². The van der Waals surface area contributed by atoms with E-state index in [2.05, 4.69) is 4.98 Å². The second-order valence-electron chi connectivity index (χ2n) is 5.06. The van der Waals surface area contributed by atoms with Crippen molar-refractivity contribution in [1.82, 2.24) is 4.98 Å². The number of rotatable bonds is 3. The van der Waals surface area contributed by atoms with Crippen LogP contribution >= 0.6 is 0 Å². The maximum absolute atomic E-state index is 5.98. The first-order valence-corrected chi connectivity index (χ1v) is 6.59. The number of nitrogens with two attached hydrogens (primary N) is 1. The highest BCUT2D eigenvalue weighted by molar-refractivity contribution is 5.96. The number of anilines is 1. The minimum atomic E-state index is 0.496. The van der Waals surface area contributed by atoms with E-state index < -0.39 is 0 Å². The van der Waals surface area contributed by atoms with Crippen LogP contribution in [-0.2, 0) is 4.74 Å². The van der Waals surface area contributed by atoms with Crippen LogP contribution in [0.5, 0.6) is 5.75 Å². The van der Waals surface area contributed by atoms with Gasteiger partial charge in [-0.05, 0) is 31.5 Å². The van der Waals surface area contributed by atoms with Crippen LogP contribution in [0.1, 0.15) is 12.1 Å². The van der Waals surface area contributed by atoms with Crippen LogP contribution in [0.3, 0.4) is 0 Å². The number of fused-ring (bicyclic) bond motifs is 1. The van der Waals surface area contributed by atoms with Crippen molar-refractivity contribution < 1.29 is 9.47 Å². The number of pyridine rings is 1. The number of hydrogen-bond donors (Lipinski definition) is 1. The summed E-state index contributed by atoms with van der Waals surface area (Å²) in [5.74, 6) is 1.37. The van der Waals surface area contributed by atoms with Crippen molar-refractivity contribution in [2.24, 2.45) is 5.92 Å². The van der Waals surface area contributed by atoms with Gasteiger partial charge in [0.15, 0.2) is 0 Å². The average molecular weight is 258 g/mol. The SMILES string of the molecule is Cc1cc2c(OCC3CCOC3)ccc(N)c2cn1. The highest BCUT2D eigenvalue weighted by Gasteiger charge is 2.17. The molecule has 1 atom stereocenters. The molecular weight excluding hydrogens is 240 g/mol. The lowest BCUT2D eigenvalue weighted by molar-refractivity contribution is 0.167. The Morgan fingerprint density at radius 3 is 3.11 bits per heavy atom. The third kappa shape index (κ3) is 2.49. The predicted molar refractivity (Wildman–Crippen MR) is 75.3 cm³/mol. The van der Waals surface area contributed by atoms with Crippen molar-refractivity contribution in [1.29, 1.82) is 0 Å². The van der Waals surface area contributed by atoms with Crippen LogP contribution in [0.25, 0.3) is 10.8 Å². The molecule has 2 heterocycles. The fourth-order valence-electron chi connectivity index (χ4n) is 2.39. The Morgan fingerprint density at radius 2 is 2.32 bits per heavy atom. The van der Waals surface area contributed by atoms with E-state index in [-0.39, 0.29) is 0 Å². The van der Waals surface area contributed by atoms with Gasteiger partial charge in [0, 0.05) is 40.9 Å². The fourth-order valence-corrected chi connectivity index (χ4v) is 2.39. The second-order valence-corrected chi connectivity index (χ2v) is 5.06. The minimum absolute atomic E-state index is 0.496. The van der Waals surface area contributed by atoms with Gasteiger partial charge in [0.1, 0.15) is 5.75 Å². The summed E-state index contributed by atoms with van der Waals surface area (Å²) in [5.41, 5.74) is 7.68. The quantitative estimate of drug-likeness (QED) is 0.859. The summed E-state index contributed by atoms with van der Waals surface area (Å²) in [6, 6.07) is 5.83. The number of benzene rings is 1. The third-order valence-corrected chi connectivity index (χ3v) is 3.53. The highest BCUT2D eigenvalue weighted by atomic mass is 16.5. The summed E-state index contributed by atoms with van der Waals surface area (Å²) < 4.78 is 11.3. The van der Waals surface area contributed by atoms with E-state index in [9.17, 15) is 0 Å². The van der Waals surface area contributed by atoms with Crippen LogP contribution in [0, 0.1) is 12.8 Å². The van der Waals surface area contributed by atoms with E-state index >= 15 is 0 Å². The van der Waals surface area contributed by atoms with Crippen molar-refractivity contribution in [3.05, 3.63) is 30.1 Å². The normalized spacial score (nSPS) is 18.9. The molecule has 0 spiro atoms. The molecule has 0 bridgehead atoms. The molecule has 19 heavy (non-hydrogen) atoms. The van der Waals surface area contributed by atoms with Crippen molar-refractivity contribution in [3.8, 4) is 5.75 Å². The lowest BCUT2D eigenvalue weighted by Gasteiger charge is -2.13. The first-order valence-electron chi connectivity index (χ1n) is 6.59. The van der Waals surface area contributed by atoms with Gasteiger partial charge in [-0.1, -0.05) is 0 Å². The molecule has 2 N–H and O–H groups in total. The monoisotopic (exact) mass is 258 g/mol. The largest absolute Gasteiger partial charge is 0.493 e. The van der Waals surface area contributed by atoms with Gasteiger partial charge >= 0.3 is 0 Å². The molecule has 1 aromatic carbocycles. The van der Waals surface area contributed by atoms with Crippen LogP contribution < -0.4 is 10.5 Å². The maximum Gasteiger partial charge on any atom is 0.127 e. The van der Waals surface area contributed by atoms with Crippen molar-refractivity contribution in [2.45, 2.75) is 13.3 Å². The molecule has 1 aromatic heterocycles. The molecule has 1 unspecified atom stereocenters. The Bertz CT molecular complexity index is 592. The average Bonchev–Trinajstić information content (AvgIpc) is 2.91. The van der Waals surface area contributed by atoms with E-state index in [0.29, 0.717) is 12.5 Å². The lowest BCUT2D eigenvalue weighted by Crippen LogP contribution is -2.11. The van der Waals surface area contributed by atoms with Gasteiger partial charge in [0.2, 0.25) is 0 Å². The Labute approximate surface area is 112 Å². The molecule has 1 aliphatic heterocycles. The topological polar surface area (TPSA) is 57.4 Å². The summed E-state index contributed by atoms with van der Waals surface area (Å²) in [4.78, 5) is 4.29. The summed E-state index contributed by atoms with van der Waals surface area (Å²) in [7, 11) is 0. The number of hydrogen-bond acceptors (Lipinski definition) is 4. The van der Waals surface area contributed by atoms with Gasteiger partial charge in [-0.3, -0.25) is 4.98 Å². The zero-order valence-electron chi connectivity index (χ0n) is 11.1. The highest BCUT2D eigenvalue weighted by Crippen LogP contribution is 2.30. The fraction of sp³-hybridized carbons (Fsp3) is 0.400. The van der Waals surface area contributed by atoms with Crippen LogP contribution in [0.4, 0.5) is 5.69 Å². The molecule has 1 aliphatic rings. The first kappa shape index (κ1) is 12.2. The molecule has 3 rings (SSSR count). The van der Waals surface area contributed by atoms with E-state index in [1.165, 1.54) is 0 Å². The Hall–Kier alpha value is -1.81. The van der Waals surface area contributed by atoms with E-state index in [4.69, 9.17) is 15.2 Å². The molecule has 0 aliphatic carbocycles. The minimum Gasteiger partial charge on any atom is -0.493 e. The Balaban J connectivity index is 1.89. The maximum atomic E-state index is 5.98. The van der Waals surface area contributed by atoms with Crippen molar-refractivity contribution in [2.75, 3.05) is 25.6 Å². The predicted octanol–water partition coefficient (Wildman–Crippen LogP) is 2.54. The van der Waals surface area contributed by atoms with E-state index in [1.807, 2.05) is 31.3 Å². The lowest BCUT2D eigenvalue weighted by atomic mass is 10.1. The molecular formula is C15H18N2O2. The zero-order chi connectivity index (χ0) is 13.2. The Morgan fingerprint density at radius 1 is 1.42 bits per heavy atom.